The second-order valence-corrected chi connectivity index (χ2v) is 13.4. The third-order valence-electron chi connectivity index (χ3n) is 9.47. The zero-order valence-electron chi connectivity index (χ0n) is 29.5. The van der Waals surface area contributed by atoms with Gasteiger partial charge in [0.2, 0.25) is 0 Å². The molecule has 5 nitrogen and oxygen atoms in total. The highest BCUT2D eigenvalue weighted by Gasteiger charge is 2.22. The first kappa shape index (κ1) is 33.2. The summed E-state index contributed by atoms with van der Waals surface area (Å²) in [5.74, 6) is 13.2. The van der Waals surface area contributed by atoms with Crippen molar-refractivity contribution in [2.45, 2.75) is 39.5 Å². The fraction of sp³-hybridized carbons (Fsp3) is 0.174. The van der Waals surface area contributed by atoms with Crippen LogP contribution in [0.25, 0.3) is 44.1 Å². The molecular formula is C46H37NO4. The highest BCUT2D eigenvalue weighted by atomic mass is 16.5. The molecule has 250 valence electrons. The summed E-state index contributed by atoms with van der Waals surface area (Å²) >= 11 is 0. The van der Waals surface area contributed by atoms with E-state index in [1.54, 1.807) is 0 Å². The van der Waals surface area contributed by atoms with Crippen LogP contribution in [0.4, 0.5) is 0 Å². The number of hydrogen-bond donors (Lipinski definition) is 1. The molecule has 51 heavy (non-hydrogen) atoms. The van der Waals surface area contributed by atoms with Gasteiger partial charge in [0.25, 0.3) is 0 Å². The van der Waals surface area contributed by atoms with Crippen LogP contribution < -0.4 is 0 Å². The number of ether oxygens (including phenoxy) is 2. The van der Waals surface area contributed by atoms with Gasteiger partial charge in [0, 0.05) is 44.1 Å². The molecule has 4 aliphatic rings. The molecule has 0 saturated heterocycles. The Bertz CT molecular complexity index is 2390. The van der Waals surface area contributed by atoms with Crippen LogP contribution in [0.5, 0.6) is 0 Å². The number of rotatable bonds is 4. The van der Waals surface area contributed by atoms with Crippen molar-refractivity contribution in [3.8, 4) is 45.9 Å². The van der Waals surface area contributed by atoms with E-state index in [4.69, 9.17) is 9.47 Å². The first-order valence-electron chi connectivity index (χ1n) is 17.0. The third-order valence-corrected chi connectivity index (χ3v) is 9.47. The Balaban J connectivity index is 1.26. The lowest BCUT2D eigenvalue weighted by molar-refractivity contribution is 0.0593. The maximum Gasteiger partial charge on any atom is 0.338 e. The Morgan fingerprint density at radius 3 is 1.35 bits per heavy atom. The molecule has 5 heteroatoms. The van der Waals surface area contributed by atoms with Gasteiger partial charge in [0.1, 0.15) is 0 Å². The van der Waals surface area contributed by atoms with E-state index in [9.17, 15) is 9.59 Å². The predicted octanol–water partition coefficient (Wildman–Crippen LogP) is 10.2. The maximum absolute atomic E-state index is 12.7. The van der Waals surface area contributed by atoms with Crippen LogP contribution in [0.1, 0.15) is 93.6 Å². The summed E-state index contributed by atoms with van der Waals surface area (Å²) in [6.45, 7) is 8.53. The molecule has 3 aromatic rings. The molecule has 0 bridgehead atoms. The lowest BCUT2D eigenvalue weighted by Gasteiger charge is -2.04. The Hall–Kier alpha value is -6.30. The standard InChI is InChI=1S/C46H37NO4/c1-27(2)31-9-7-11-35-33(25-41(37(35)23-31)45(48)50-5)17-13-29-15-19-43-39(21-29)40-22-30(16-20-44(40)47-43)14-18-34-26-42(46(49)51-6)38-24-32(28(3)4)10-8-12-36(34)38/h7-12,15-16,19-28,47H,1-6H3. The summed E-state index contributed by atoms with van der Waals surface area (Å²) < 4.78 is 10.2. The van der Waals surface area contributed by atoms with Gasteiger partial charge in [0.05, 0.1) is 25.3 Å². The second-order valence-electron chi connectivity index (χ2n) is 13.4. The van der Waals surface area contributed by atoms with Crippen molar-refractivity contribution in [1.29, 1.82) is 0 Å². The minimum atomic E-state index is -0.377. The van der Waals surface area contributed by atoms with Gasteiger partial charge in [-0.2, -0.15) is 0 Å². The number of H-pyrrole nitrogens is 1. The lowest BCUT2D eigenvalue weighted by atomic mass is 10.0. The summed E-state index contributed by atoms with van der Waals surface area (Å²) in [6, 6.07) is 32.3. The molecule has 1 aromatic heterocycles. The number of aromatic nitrogens is 1. The molecule has 7 rings (SSSR count). The minimum Gasteiger partial charge on any atom is -0.465 e. The number of hydrogen-bond acceptors (Lipinski definition) is 4. The number of nitrogens with one attached hydrogen (secondary N) is 1. The first-order chi connectivity index (χ1) is 24.6. The lowest BCUT2D eigenvalue weighted by Crippen LogP contribution is -2.00. The molecular weight excluding hydrogens is 631 g/mol. The van der Waals surface area contributed by atoms with Gasteiger partial charge in [-0.05, 0) is 106 Å². The summed E-state index contributed by atoms with van der Waals surface area (Å²) in [7, 11) is 2.80. The normalized spacial score (nSPS) is 11.1. The van der Waals surface area contributed by atoms with Gasteiger partial charge < -0.3 is 14.5 Å². The number of fused-ring (bicyclic) bond motifs is 5. The van der Waals surface area contributed by atoms with Gasteiger partial charge in [-0.15, -0.1) is 0 Å². The Kier molecular flexibility index (Phi) is 8.82. The molecule has 2 aromatic carbocycles. The number of carbonyl (C=O) groups excluding carboxylic acids is 2. The van der Waals surface area contributed by atoms with Gasteiger partial charge in [-0.25, -0.2) is 9.59 Å². The van der Waals surface area contributed by atoms with Gasteiger partial charge in [-0.3, -0.25) is 0 Å². The van der Waals surface area contributed by atoms with Crippen LogP contribution in [0.3, 0.4) is 0 Å². The summed E-state index contributed by atoms with van der Waals surface area (Å²) in [6.07, 6.45) is 0. The highest BCUT2D eigenvalue weighted by molar-refractivity contribution is 6.08. The Morgan fingerprint density at radius 2 is 0.961 bits per heavy atom. The maximum atomic E-state index is 12.7. The number of esters is 2. The molecule has 4 aliphatic carbocycles. The van der Waals surface area contributed by atoms with Crippen LogP contribution in [0.15, 0.2) is 97.1 Å². The molecule has 0 unspecified atom stereocenters. The van der Waals surface area contributed by atoms with E-state index in [1.165, 1.54) is 14.2 Å². The van der Waals surface area contributed by atoms with Gasteiger partial charge in [0.15, 0.2) is 0 Å². The monoisotopic (exact) mass is 667 g/mol. The van der Waals surface area contributed by atoms with E-state index in [0.29, 0.717) is 23.0 Å². The van der Waals surface area contributed by atoms with E-state index in [2.05, 4.69) is 92.8 Å². The summed E-state index contributed by atoms with van der Waals surface area (Å²) in [5, 5.41) is 2.08. The number of aromatic amines is 1. The average Bonchev–Trinajstić information content (AvgIpc) is 3.64. The minimum absolute atomic E-state index is 0.306. The Morgan fingerprint density at radius 1 is 0.529 bits per heavy atom. The smallest absolute Gasteiger partial charge is 0.338 e. The number of carbonyl (C=O) groups is 2. The zero-order valence-corrected chi connectivity index (χ0v) is 29.5. The van der Waals surface area contributed by atoms with Crippen LogP contribution in [-0.4, -0.2) is 31.1 Å². The molecule has 0 spiro atoms. The fourth-order valence-corrected chi connectivity index (χ4v) is 6.61. The van der Waals surface area contributed by atoms with Crippen molar-refractivity contribution in [2.24, 2.45) is 0 Å². The number of methoxy groups -OCH3 is 2. The highest BCUT2D eigenvalue weighted by Crippen LogP contribution is 2.36. The largest absolute Gasteiger partial charge is 0.465 e. The van der Waals surface area contributed by atoms with Crippen molar-refractivity contribution in [3.63, 3.8) is 0 Å². The van der Waals surface area contributed by atoms with Crippen molar-refractivity contribution in [1.82, 2.24) is 4.98 Å². The van der Waals surface area contributed by atoms with Crippen LogP contribution in [-0.2, 0) is 9.47 Å². The van der Waals surface area contributed by atoms with Crippen LogP contribution in [0.2, 0.25) is 0 Å². The summed E-state index contributed by atoms with van der Waals surface area (Å²) in [4.78, 5) is 29.0. The fourth-order valence-electron chi connectivity index (χ4n) is 6.61. The van der Waals surface area contributed by atoms with Crippen molar-refractivity contribution >= 4 is 33.7 Å². The van der Waals surface area contributed by atoms with E-state index in [-0.39, 0.29) is 11.9 Å². The second kappa shape index (κ2) is 13.5. The molecule has 1 N–H and O–H groups in total. The number of benzene rings is 2. The molecule has 0 radical (unpaired) electrons. The van der Waals surface area contributed by atoms with E-state index in [0.717, 1.165) is 77.4 Å². The van der Waals surface area contributed by atoms with Crippen molar-refractivity contribution in [2.75, 3.05) is 14.2 Å². The average molecular weight is 668 g/mol. The molecule has 0 aliphatic heterocycles. The topological polar surface area (TPSA) is 68.4 Å². The van der Waals surface area contributed by atoms with E-state index >= 15 is 0 Å². The van der Waals surface area contributed by atoms with Crippen molar-refractivity contribution < 1.29 is 19.1 Å². The van der Waals surface area contributed by atoms with Gasteiger partial charge in [-0.1, -0.05) is 87.8 Å². The molecule has 0 saturated carbocycles. The zero-order chi connectivity index (χ0) is 35.8. The molecule has 0 atom stereocenters. The Labute approximate surface area is 298 Å². The quantitative estimate of drug-likeness (QED) is 0.150. The van der Waals surface area contributed by atoms with Gasteiger partial charge >= 0.3 is 11.9 Å². The summed E-state index contributed by atoms with van der Waals surface area (Å²) in [5.41, 5.74) is 12.1. The first-order valence-corrected chi connectivity index (χ1v) is 17.0. The molecule has 0 amide bonds. The third kappa shape index (κ3) is 6.31. The van der Waals surface area contributed by atoms with Crippen molar-refractivity contribution in [3.05, 3.63) is 142 Å². The van der Waals surface area contributed by atoms with E-state index in [1.807, 2.05) is 60.7 Å². The van der Waals surface area contributed by atoms with E-state index < -0.39 is 0 Å². The van der Waals surface area contributed by atoms with Crippen LogP contribution >= 0.6 is 0 Å². The molecule has 1 heterocycles. The van der Waals surface area contributed by atoms with Crippen LogP contribution in [0, 0.1) is 23.7 Å². The SMILES string of the molecule is COC(=O)c1cc(C#Cc2ccc3[nH]c4ccc(C#Cc5cc(C(=O)OC)c6cc(C(C)C)cccc5-6)cc4c3c2)c2cccc(C(C)C)cc1-2. The molecule has 0 fully saturated rings. The predicted molar refractivity (Wildman–Crippen MR) is 205 cm³/mol.